The van der Waals surface area contributed by atoms with Gasteiger partial charge in [-0.1, -0.05) is 42.5 Å². The smallest absolute Gasteiger partial charge is 0.331 e. The van der Waals surface area contributed by atoms with E-state index in [0.29, 0.717) is 5.75 Å². The normalized spacial score (nSPS) is 12.6. The van der Waals surface area contributed by atoms with Crippen LogP contribution in [0.2, 0.25) is 0 Å². The summed E-state index contributed by atoms with van der Waals surface area (Å²) in [5, 5.41) is 0. The molecule has 0 radical (unpaired) electrons. The molecule has 0 aliphatic heterocycles. The highest BCUT2D eigenvalue weighted by Crippen LogP contribution is 2.28. The van der Waals surface area contributed by atoms with E-state index in [0.717, 1.165) is 16.0 Å². The number of carbonyl (C=O) groups is 2. The maximum Gasteiger partial charge on any atom is 0.331 e. The van der Waals surface area contributed by atoms with E-state index in [9.17, 15) is 9.59 Å². The predicted octanol–water partition coefficient (Wildman–Crippen LogP) is 5.09. The zero-order valence-corrected chi connectivity index (χ0v) is 17.5. The van der Waals surface area contributed by atoms with Gasteiger partial charge in [0.2, 0.25) is 0 Å². The molecule has 0 spiro atoms. The molecule has 4 nitrogen and oxygen atoms in total. The van der Waals surface area contributed by atoms with E-state index in [1.54, 1.807) is 17.8 Å². The van der Waals surface area contributed by atoms with Crippen molar-refractivity contribution in [1.82, 2.24) is 0 Å². The van der Waals surface area contributed by atoms with Gasteiger partial charge in [-0.3, -0.25) is 4.79 Å². The van der Waals surface area contributed by atoms with Gasteiger partial charge in [0.05, 0.1) is 13.0 Å². The number of esters is 2. The molecular formula is C23H26O4S. The summed E-state index contributed by atoms with van der Waals surface area (Å²) < 4.78 is 10.2. The van der Waals surface area contributed by atoms with Gasteiger partial charge in [0.1, 0.15) is 5.60 Å². The van der Waals surface area contributed by atoms with Crippen molar-refractivity contribution in [3.63, 3.8) is 0 Å². The highest BCUT2D eigenvalue weighted by Gasteiger charge is 2.21. The average Bonchev–Trinajstić information content (AvgIpc) is 2.66. The fourth-order valence-electron chi connectivity index (χ4n) is 2.52. The Kier molecular flexibility index (Phi) is 7.88. The number of thioether (sulfide) groups is 1. The highest BCUT2D eigenvalue weighted by atomic mass is 32.2. The van der Waals surface area contributed by atoms with Crippen LogP contribution in [0.5, 0.6) is 0 Å². The molecule has 0 saturated carbocycles. The van der Waals surface area contributed by atoms with Gasteiger partial charge in [0, 0.05) is 16.7 Å². The summed E-state index contributed by atoms with van der Waals surface area (Å²) in [6.45, 7) is 5.50. The topological polar surface area (TPSA) is 52.6 Å². The van der Waals surface area contributed by atoms with Crippen molar-refractivity contribution in [3.8, 4) is 0 Å². The van der Waals surface area contributed by atoms with E-state index >= 15 is 0 Å². The number of rotatable bonds is 7. The molecule has 1 unspecified atom stereocenters. The first-order valence-corrected chi connectivity index (χ1v) is 10.0. The third-order valence-electron chi connectivity index (χ3n) is 3.78. The lowest BCUT2D eigenvalue weighted by Gasteiger charge is -2.17. The van der Waals surface area contributed by atoms with Gasteiger partial charge >= 0.3 is 11.9 Å². The highest BCUT2D eigenvalue weighted by molar-refractivity contribution is 7.99. The predicted molar refractivity (Wildman–Crippen MR) is 113 cm³/mol. The monoisotopic (exact) mass is 398 g/mol. The molecule has 0 fully saturated rings. The number of methoxy groups -OCH3 is 1. The van der Waals surface area contributed by atoms with Crippen LogP contribution in [0.3, 0.4) is 0 Å². The molecule has 5 heteroatoms. The van der Waals surface area contributed by atoms with Crippen molar-refractivity contribution < 1.29 is 19.1 Å². The molecule has 0 aliphatic carbocycles. The van der Waals surface area contributed by atoms with Gasteiger partial charge in [-0.15, -0.1) is 11.8 Å². The molecule has 2 aromatic carbocycles. The Morgan fingerprint density at radius 1 is 1.07 bits per heavy atom. The van der Waals surface area contributed by atoms with Crippen LogP contribution in [0.15, 0.2) is 65.6 Å². The summed E-state index contributed by atoms with van der Waals surface area (Å²) in [4.78, 5) is 25.0. The Morgan fingerprint density at radius 2 is 1.79 bits per heavy atom. The first-order chi connectivity index (χ1) is 13.3. The van der Waals surface area contributed by atoms with Crippen molar-refractivity contribution in [3.05, 3.63) is 71.8 Å². The minimum atomic E-state index is -0.514. The molecule has 0 heterocycles. The van der Waals surface area contributed by atoms with Crippen LogP contribution in [-0.2, 0) is 19.1 Å². The van der Waals surface area contributed by atoms with Gasteiger partial charge in [0.25, 0.3) is 0 Å². The maximum atomic E-state index is 12.2. The molecule has 0 bridgehead atoms. The Balaban J connectivity index is 2.05. The molecule has 0 saturated heterocycles. The van der Waals surface area contributed by atoms with Crippen LogP contribution in [0.1, 0.15) is 37.8 Å². The Bertz CT molecular complexity index is 822. The van der Waals surface area contributed by atoms with E-state index in [-0.39, 0.29) is 17.9 Å². The summed E-state index contributed by atoms with van der Waals surface area (Å²) in [5.74, 6) is -0.396. The standard InChI is InChI=1S/C23H26O4S/c1-23(2,3)27-21(24)14-13-17-9-8-12-19(15-17)28-16-20(22(25)26-4)18-10-6-5-7-11-18/h5-15,20H,16H2,1-4H3/b14-13+. The van der Waals surface area contributed by atoms with Crippen molar-refractivity contribution in [2.75, 3.05) is 12.9 Å². The fourth-order valence-corrected chi connectivity index (χ4v) is 3.60. The lowest BCUT2D eigenvalue weighted by molar-refractivity contribution is -0.148. The number of hydrogen-bond donors (Lipinski definition) is 0. The maximum absolute atomic E-state index is 12.2. The van der Waals surface area contributed by atoms with Crippen LogP contribution in [0, 0.1) is 0 Å². The number of ether oxygens (including phenoxy) is 2. The van der Waals surface area contributed by atoms with Gasteiger partial charge in [-0.25, -0.2) is 4.79 Å². The summed E-state index contributed by atoms with van der Waals surface area (Å²) >= 11 is 1.57. The Hall–Kier alpha value is -2.53. The first-order valence-electron chi connectivity index (χ1n) is 9.05. The first kappa shape index (κ1) is 21.8. The zero-order valence-electron chi connectivity index (χ0n) is 16.7. The van der Waals surface area contributed by atoms with Gasteiger partial charge < -0.3 is 9.47 Å². The second kappa shape index (κ2) is 10.1. The third kappa shape index (κ3) is 7.24. The van der Waals surface area contributed by atoms with Crippen molar-refractivity contribution in [1.29, 1.82) is 0 Å². The van der Waals surface area contributed by atoms with Crippen LogP contribution in [-0.4, -0.2) is 30.4 Å². The van der Waals surface area contributed by atoms with Gasteiger partial charge in [-0.2, -0.15) is 0 Å². The van der Waals surface area contributed by atoms with E-state index in [1.807, 2.05) is 75.4 Å². The molecule has 0 aromatic heterocycles. The quantitative estimate of drug-likeness (QED) is 0.369. The molecule has 28 heavy (non-hydrogen) atoms. The summed E-state index contributed by atoms with van der Waals surface area (Å²) in [6.07, 6.45) is 3.16. The zero-order chi connectivity index (χ0) is 20.6. The van der Waals surface area contributed by atoms with Crippen LogP contribution in [0.4, 0.5) is 0 Å². The molecule has 2 aromatic rings. The second-order valence-electron chi connectivity index (χ2n) is 7.24. The minimum Gasteiger partial charge on any atom is -0.469 e. The number of hydrogen-bond acceptors (Lipinski definition) is 5. The number of benzene rings is 2. The average molecular weight is 399 g/mol. The largest absolute Gasteiger partial charge is 0.469 e. The second-order valence-corrected chi connectivity index (χ2v) is 8.33. The van der Waals surface area contributed by atoms with Crippen LogP contribution >= 0.6 is 11.8 Å². The molecule has 0 N–H and O–H groups in total. The third-order valence-corrected chi connectivity index (χ3v) is 4.87. The molecule has 2 rings (SSSR count). The van der Waals surface area contributed by atoms with Crippen LogP contribution < -0.4 is 0 Å². The van der Waals surface area contributed by atoms with E-state index in [1.165, 1.54) is 13.2 Å². The molecule has 0 aliphatic rings. The van der Waals surface area contributed by atoms with Gasteiger partial charge in [0.15, 0.2) is 0 Å². The summed E-state index contributed by atoms with van der Waals surface area (Å²) in [7, 11) is 1.41. The molecule has 148 valence electrons. The fraction of sp³-hybridized carbons (Fsp3) is 0.304. The molecular weight excluding hydrogens is 372 g/mol. The van der Waals surface area contributed by atoms with Crippen LogP contribution in [0.25, 0.3) is 6.08 Å². The Morgan fingerprint density at radius 3 is 2.43 bits per heavy atom. The lowest BCUT2D eigenvalue weighted by Crippen LogP contribution is -2.22. The van der Waals surface area contributed by atoms with E-state index in [2.05, 4.69) is 0 Å². The van der Waals surface area contributed by atoms with Crippen molar-refractivity contribution in [2.45, 2.75) is 37.2 Å². The molecule has 1 atom stereocenters. The van der Waals surface area contributed by atoms with E-state index in [4.69, 9.17) is 9.47 Å². The molecule has 0 amide bonds. The van der Waals surface area contributed by atoms with E-state index < -0.39 is 5.60 Å². The summed E-state index contributed by atoms with van der Waals surface area (Å²) in [5.41, 5.74) is 1.31. The summed E-state index contributed by atoms with van der Waals surface area (Å²) in [6, 6.07) is 17.4. The van der Waals surface area contributed by atoms with Gasteiger partial charge in [-0.05, 0) is 50.1 Å². The lowest BCUT2D eigenvalue weighted by atomic mass is 10.0. The SMILES string of the molecule is COC(=O)C(CSc1cccc(/C=C/C(=O)OC(C)(C)C)c1)c1ccccc1. The van der Waals surface area contributed by atoms with Crippen molar-refractivity contribution >= 4 is 29.8 Å². The minimum absolute atomic E-state index is 0.250. The number of carbonyl (C=O) groups excluding carboxylic acids is 2. The van der Waals surface area contributed by atoms with Crippen molar-refractivity contribution in [2.24, 2.45) is 0 Å². The Labute approximate surface area is 170 Å².